The summed E-state index contributed by atoms with van der Waals surface area (Å²) < 4.78 is 7.29. The fourth-order valence-corrected chi connectivity index (χ4v) is 3.29. The normalized spacial score (nSPS) is 14.9. The van der Waals surface area contributed by atoms with Crippen molar-refractivity contribution in [1.82, 2.24) is 24.6 Å². The number of aryl methyl sites for hydroxylation is 2. The first-order valence-electron chi connectivity index (χ1n) is 7.30. The van der Waals surface area contributed by atoms with Crippen LogP contribution in [0.2, 0.25) is 0 Å². The van der Waals surface area contributed by atoms with Gasteiger partial charge in [0, 0.05) is 44.9 Å². The smallest absolute Gasteiger partial charge is 0.216 e. The minimum Gasteiger partial charge on any atom is -0.481 e. The molecule has 7 heteroatoms. The monoisotopic (exact) mass is 319 g/mol. The second kappa shape index (κ2) is 6.26. The maximum absolute atomic E-state index is 5.48. The molecule has 0 amide bonds. The van der Waals surface area contributed by atoms with Crippen LogP contribution in [0.5, 0.6) is 5.88 Å². The van der Waals surface area contributed by atoms with Crippen LogP contribution in [-0.2, 0) is 26.6 Å². The molecule has 3 heterocycles. The van der Waals surface area contributed by atoms with Crippen LogP contribution in [0.1, 0.15) is 22.5 Å². The number of hydrogen-bond donors (Lipinski definition) is 0. The van der Waals surface area contributed by atoms with Gasteiger partial charge in [-0.1, -0.05) is 11.8 Å². The van der Waals surface area contributed by atoms with Crippen molar-refractivity contribution in [1.29, 1.82) is 0 Å². The summed E-state index contributed by atoms with van der Waals surface area (Å²) in [6, 6.07) is 0. The SMILES string of the molecule is COc1c(CN2CCc3nc(SC)ncc3C2)c(C)nn1C. The highest BCUT2D eigenvalue weighted by Crippen LogP contribution is 2.26. The van der Waals surface area contributed by atoms with Crippen LogP contribution in [0.3, 0.4) is 0 Å². The minimum atomic E-state index is 0.840. The zero-order valence-electron chi connectivity index (χ0n) is 13.5. The highest BCUT2D eigenvalue weighted by Gasteiger charge is 2.22. The van der Waals surface area contributed by atoms with Gasteiger partial charge in [0.05, 0.1) is 24.1 Å². The van der Waals surface area contributed by atoms with Crippen molar-refractivity contribution in [2.75, 3.05) is 19.9 Å². The Morgan fingerprint density at radius 2 is 2.23 bits per heavy atom. The number of rotatable bonds is 4. The van der Waals surface area contributed by atoms with E-state index in [4.69, 9.17) is 4.74 Å². The lowest BCUT2D eigenvalue weighted by atomic mass is 10.1. The van der Waals surface area contributed by atoms with Gasteiger partial charge in [0.1, 0.15) is 0 Å². The molecule has 0 aromatic carbocycles. The molecule has 0 spiro atoms. The van der Waals surface area contributed by atoms with Crippen molar-refractivity contribution >= 4 is 11.8 Å². The van der Waals surface area contributed by atoms with Crippen LogP contribution in [-0.4, -0.2) is 44.6 Å². The summed E-state index contributed by atoms with van der Waals surface area (Å²) in [5.41, 5.74) is 4.60. The summed E-state index contributed by atoms with van der Waals surface area (Å²) in [6.45, 7) is 4.74. The van der Waals surface area contributed by atoms with Crippen LogP contribution in [0.4, 0.5) is 0 Å². The van der Waals surface area contributed by atoms with Crippen molar-refractivity contribution in [3.63, 3.8) is 0 Å². The predicted octanol–water partition coefficient (Wildman–Crippen LogP) is 1.81. The Morgan fingerprint density at radius 1 is 1.41 bits per heavy atom. The Labute approximate surface area is 134 Å². The quantitative estimate of drug-likeness (QED) is 0.633. The van der Waals surface area contributed by atoms with Crippen LogP contribution in [0.25, 0.3) is 0 Å². The van der Waals surface area contributed by atoms with Crippen LogP contribution in [0.15, 0.2) is 11.4 Å². The summed E-state index contributed by atoms with van der Waals surface area (Å²) in [5.74, 6) is 0.845. The van der Waals surface area contributed by atoms with Gasteiger partial charge in [0.2, 0.25) is 5.88 Å². The Kier molecular flexibility index (Phi) is 4.35. The molecule has 0 N–H and O–H groups in total. The molecule has 0 saturated heterocycles. The van der Waals surface area contributed by atoms with Gasteiger partial charge < -0.3 is 4.74 Å². The van der Waals surface area contributed by atoms with Gasteiger partial charge in [-0.3, -0.25) is 4.90 Å². The maximum Gasteiger partial charge on any atom is 0.216 e. The molecule has 6 nitrogen and oxygen atoms in total. The first kappa shape index (κ1) is 15.3. The number of methoxy groups -OCH3 is 1. The molecule has 0 aliphatic carbocycles. The van der Waals surface area contributed by atoms with Crippen molar-refractivity contribution < 1.29 is 4.74 Å². The molecule has 2 aromatic rings. The first-order valence-corrected chi connectivity index (χ1v) is 8.52. The van der Waals surface area contributed by atoms with Gasteiger partial charge in [-0.2, -0.15) is 5.10 Å². The lowest BCUT2D eigenvalue weighted by Crippen LogP contribution is -2.31. The van der Waals surface area contributed by atoms with Gasteiger partial charge in [-0.25, -0.2) is 14.6 Å². The van der Waals surface area contributed by atoms with E-state index in [1.54, 1.807) is 23.6 Å². The molecule has 22 heavy (non-hydrogen) atoms. The Hall–Kier alpha value is -1.60. The van der Waals surface area contributed by atoms with E-state index in [1.807, 2.05) is 26.4 Å². The van der Waals surface area contributed by atoms with E-state index in [9.17, 15) is 0 Å². The number of aromatic nitrogens is 4. The third-order valence-corrected chi connectivity index (χ3v) is 4.60. The largest absolute Gasteiger partial charge is 0.481 e. The van der Waals surface area contributed by atoms with Gasteiger partial charge in [0.15, 0.2) is 5.16 Å². The molecule has 3 rings (SSSR count). The van der Waals surface area contributed by atoms with E-state index < -0.39 is 0 Å². The molecule has 0 unspecified atom stereocenters. The summed E-state index contributed by atoms with van der Waals surface area (Å²) in [5, 5.41) is 5.31. The number of ether oxygens (including phenoxy) is 1. The topological polar surface area (TPSA) is 56.1 Å². The van der Waals surface area contributed by atoms with Crippen molar-refractivity contribution in [2.45, 2.75) is 31.6 Å². The Morgan fingerprint density at radius 3 is 2.95 bits per heavy atom. The maximum atomic E-state index is 5.48. The molecular weight excluding hydrogens is 298 g/mol. The molecule has 0 fully saturated rings. The fourth-order valence-electron chi connectivity index (χ4n) is 2.93. The van der Waals surface area contributed by atoms with Crippen molar-refractivity contribution in [3.05, 3.63) is 28.7 Å². The van der Waals surface area contributed by atoms with Gasteiger partial charge >= 0.3 is 0 Å². The van der Waals surface area contributed by atoms with E-state index in [1.165, 1.54) is 11.3 Å². The average Bonchev–Trinajstić information content (AvgIpc) is 2.80. The van der Waals surface area contributed by atoms with Gasteiger partial charge in [-0.15, -0.1) is 0 Å². The number of fused-ring (bicyclic) bond motifs is 1. The third-order valence-electron chi connectivity index (χ3n) is 4.04. The van der Waals surface area contributed by atoms with Crippen molar-refractivity contribution in [3.8, 4) is 5.88 Å². The van der Waals surface area contributed by atoms with E-state index in [-0.39, 0.29) is 0 Å². The predicted molar refractivity (Wildman–Crippen MR) is 86.1 cm³/mol. The van der Waals surface area contributed by atoms with E-state index in [2.05, 4.69) is 20.0 Å². The summed E-state index contributed by atoms with van der Waals surface area (Å²) >= 11 is 1.59. The van der Waals surface area contributed by atoms with Crippen molar-refractivity contribution in [2.24, 2.45) is 7.05 Å². The third kappa shape index (κ3) is 2.83. The standard InChI is InChI=1S/C15H21N5OS/c1-10-12(14(21-3)19(2)18-10)9-20-6-5-13-11(8-20)7-16-15(17-13)22-4/h7H,5-6,8-9H2,1-4H3. The average molecular weight is 319 g/mol. The molecule has 0 saturated carbocycles. The second-order valence-electron chi connectivity index (χ2n) is 5.49. The van der Waals surface area contributed by atoms with Gasteiger partial charge in [-0.05, 0) is 13.2 Å². The zero-order chi connectivity index (χ0) is 15.7. The number of hydrogen-bond acceptors (Lipinski definition) is 6. The molecule has 0 atom stereocenters. The summed E-state index contributed by atoms with van der Waals surface area (Å²) in [6.07, 6.45) is 4.94. The molecule has 0 radical (unpaired) electrons. The Balaban J connectivity index is 1.78. The molecule has 118 valence electrons. The van der Waals surface area contributed by atoms with Gasteiger partial charge in [0.25, 0.3) is 0 Å². The molecular formula is C15H21N5OS. The van der Waals surface area contributed by atoms with E-state index in [0.717, 1.165) is 48.3 Å². The fraction of sp³-hybridized carbons (Fsp3) is 0.533. The lowest BCUT2D eigenvalue weighted by Gasteiger charge is -2.28. The minimum absolute atomic E-state index is 0.840. The van der Waals surface area contributed by atoms with E-state index in [0.29, 0.717) is 0 Å². The molecule has 0 bridgehead atoms. The lowest BCUT2D eigenvalue weighted by molar-refractivity contribution is 0.237. The second-order valence-corrected chi connectivity index (χ2v) is 6.26. The zero-order valence-corrected chi connectivity index (χ0v) is 14.3. The molecule has 1 aliphatic rings. The summed E-state index contributed by atoms with van der Waals surface area (Å²) in [4.78, 5) is 11.4. The summed E-state index contributed by atoms with van der Waals surface area (Å²) in [7, 11) is 3.61. The first-order chi connectivity index (χ1) is 10.6. The highest BCUT2D eigenvalue weighted by molar-refractivity contribution is 7.98. The Bertz CT molecular complexity index is 685. The number of nitrogens with zero attached hydrogens (tertiary/aromatic N) is 5. The van der Waals surface area contributed by atoms with Crippen LogP contribution in [0, 0.1) is 6.92 Å². The van der Waals surface area contributed by atoms with Crippen LogP contribution >= 0.6 is 11.8 Å². The van der Waals surface area contributed by atoms with E-state index >= 15 is 0 Å². The van der Waals surface area contributed by atoms with Crippen LogP contribution < -0.4 is 4.74 Å². The highest BCUT2D eigenvalue weighted by atomic mass is 32.2. The molecule has 2 aromatic heterocycles. The molecule has 1 aliphatic heterocycles. The number of thioether (sulfide) groups is 1.